The highest BCUT2D eigenvalue weighted by atomic mass is 32.2. The Labute approximate surface area is 115 Å². The Balaban J connectivity index is 2.34. The van der Waals surface area contributed by atoms with Gasteiger partial charge < -0.3 is 10.9 Å². The van der Waals surface area contributed by atoms with E-state index in [1.54, 1.807) is 12.1 Å². The monoisotopic (exact) mass is 295 g/mol. The van der Waals surface area contributed by atoms with Crippen LogP contribution in [0.15, 0.2) is 40.5 Å². The molecule has 8 nitrogen and oxygen atoms in total. The number of hydrogen-bond donors (Lipinski definition) is 4. The molecule has 0 radical (unpaired) electrons. The van der Waals surface area contributed by atoms with Gasteiger partial charge in [-0.15, -0.1) is 0 Å². The number of aryl methyl sites for hydroxylation is 1. The lowest BCUT2D eigenvalue weighted by Gasteiger charge is -2.07. The molecule has 0 aliphatic carbocycles. The second-order valence-electron chi connectivity index (χ2n) is 4.06. The Bertz CT molecular complexity index is 734. The van der Waals surface area contributed by atoms with Crippen molar-refractivity contribution >= 4 is 21.7 Å². The highest BCUT2D eigenvalue weighted by molar-refractivity contribution is 7.92. The van der Waals surface area contributed by atoms with Crippen LogP contribution in [-0.4, -0.2) is 29.7 Å². The molecule has 0 fully saturated rings. The summed E-state index contributed by atoms with van der Waals surface area (Å²) in [6, 6.07) is 6.34. The maximum absolute atomic E-state index is 12.2. The molecule has 9 heteroatoms. The van der Waals surface area contributed by atoms with E-state index < -0.39 is 10.0 Å². The average molecular weight is 295 g/mol. The molecule has 1 heterocycles. The average Bonchev–Trinajstić information content (AvgIpc) is 2.85. The number of rotatable bonds is 4. The third-order valence-electron chi connectivity index (χ3n) is 2.59. The number of anilines is 1. The maximum Gasteiger partial charge on any atom is 0.263 e. The Kier molecular flexibility index (Phi) is 3.61. The van der Waals surface area contributed by atoms with Gasteiger partial charge in [0.05, 0.1) is 16.7 Å². The number of amidine groups is 1. The van der Waals surface area contributed by atoms with Gasteiger partial charge in [0, 0.05) is 0 Å². The van der Waals surface area contributed by atoms with E-state index in [4.69, 9.17) is 10.9 Å². The van der Waals surface area contributed by atoms with Crippen LogP contribution in [0.25, 0.3) is 0 Å². The third-order valence-corrected chi connectivity index (χ3v) is 3.96. The van der Waals surface area contributed by atoms with E-state index in [2.05, 4.69) is 20.1 Å². The Morgan fingerprint density at radius 1 is 1.40 bits per heavy atom. The number of aromatic amines is 1. The smallest absolute Gasteiger partial charge is 0.263 e. The Morgan fingerprint density at radius 3 is 2.65 bits per heavy atom. The van der Waals surface area contributed by atoms with Gasteiger partial charge in [-0.25, -0.2) is 8.42 Å². The topological polar surface area (TPSA) is 133 Å². The van der Waals surface area contributed by atoms with E-state index in [9.17, 15) is 8.42 Å². The first-order valence-corrected chi connectivity index (χ1v) is 7.03. The van der Waals surface area contributed by atoms with Crippen LogP contribution < -0.4 is 10.5 Å². The minimum absolute atomic E-state index is 0.0286. The standard InChI is InChI=1S/C11H13N5O3S/c1-7-2-4-8(5-3-7)20(18,19)16-11-9(6-13-14-11)10(12)15-17/h2-6,17H,1H3,(H2,12,15)(H2,13,14,16). The minimum Gasteiger partial charge on any atom is -0.409 e. The first-order valence-electron chi connectivity index (χ1n) is 5.55. The van der Waals surface area contributed by atoms with E-state index in [0.717, 1.165) is 5.56 Å². The van der Waals surface area contributed by atoms with E-state index in [1.807, 2.05) is 6.92 Å². The third kappa shape index (κ3) is 2.72. The van der Waals surface area contributed by atoms with Crippen LogP contribution in [-0.2, 0) is 10.0 Å². The van der Waals surface area contributed by atoms with Crippen LogP contribution in [0.4, 0.5) is 5.82 Å². The first-order chi connectivity index (χ1) is 9.44. The summed E-state index contributed by atoms with van der Waals surface area (Å²) in [5.41, 5.74) is 6.52. The fraction of sp³-hybridized carbons (Fsp3) is 0.0909. The number of benzene rings is 1. The maximum atomic E-state index is 12.2. The molecule has 0 spiro atoms. The number of nitrogens with zero attached hydrogens (tertiary/aromatic N) is 2. The summed E-state index contributed by atoms with van der Waals surface area (Å²) in [5, 5.41) is 17.5. The summed E-state index contributed by atoms with van der Waals surface area (Å²) >= 11 is 0. The van der Waals surface area contributed by atoms with Gasteiger partial charge in [0.1, 0.15) is 5.82 Å². The van der Waals surface area contributed by atoms with Crippen molar-refractivity contribution in [2.24, 2.45) is 10.9 Å². The molecule has 5 N–H and O–H groups in total. The number of nitrogens with one attached hydrogen (secondary N) is 2. The highest BCUT2D eigenvalue weighted by Gasteiger charge is 2.18. The number of aromatic nitrogens is 2. The molecule has 2 rings (SSSR count). The van der Waals surface area contributed by atoms with Gasteiger partial charge in [0.15, 0.2) is 5.84 Å². The molecule has 0 unspecified atom stereocenters. The quantitative estimate of drug-likeness (QED) is 0.284. The molecule has 0 aliphatic rings. The van der Waals surface area contributed by atoms with Crippen molar-refractivity contribution in [2.45, 2.75) is 11.8 Å². The van der Waals surface area contributed by atoms with Gasteiger partial charge in [-0.1, -0.05) is 22.9 Å². The number of oxime groups is 1. The van der Waals surface area contributed by atoms with Gasteiger partial charge in [-0.2, -0.15) is 5.10 Å². The molecule has 0 saturated heterocycles. The zero-order valence-corrected chi connectivity index (χ0v) is 11.3. The molecule has 0 amide bonds. The molecule has 1 aromatic heterocycles. The van der Waals surface area contributed by atoms with Gasteiger partial charge in [-0.05, 0) is 19.1 Å². The summed E-state index contributed by atoms with van der Waals surface area (Å²) in [4.78, 5) is 0.100. The number of H-pyrrole nitrogens is 1. The van der Waals surface area contributed by atoms with E-state index in [-0.39, 0.29) is 22.1 Å². The van der Waals surface area contributed by atoms with Crippen LogP contribution in [0.1, 0.15) is 11.1 Å². The second kappa shape index (κ2) is 5.21. The van der Waals surface area contributed by atoms with Crippen LogP contribution >= 0.6 is 0 Å². The molecular weight excluding hydrogens is 282 g/mol. The van der Waals surface area contributed by atoms with Crippen LogP contribution in [0.5, 0.6) is 0 Å². The summed E-state index contributed by atoms with van der Waals surface area (Å²) in [7, 11) is -3.78. The first kappa shape index (κ1) is 13.9. The van der Waals surface area contributed by atoms with Gasteiger partial charge in [0.2, 0.25) is 0 Å². The Hall–Kier alpha value is -2.55. The lowest BCUT2D eigenvalue weighted by Crippen LogP contribution is -2.18. The van der Waals surface area contributed by atoms with Crippen LogP contribution in [0.2, 0.25) is 0 Å². The van der Waals surface area contributed by atoms with E-state index in [0.29, 0.717) is 0 Å². The van der Waals surface area contributed by atoms with Crippen molar-refractivity contribution in [1.82, 2.24) is 10.2 Å². The number of sulfonamides is 1. The van der Waals surface area contributed by atoms with Crippen molar-refractivity contribution in [3.63, 3.8) is 0 Å². The predicted octanol–water partition coefficient (Wildman–Crippen LogP) is 0.613. The highest BCUT2D eigenvalue weighted by Crippen LogP contribution is 2.17. The Morgan fingerprint density at radius 2 is 2.05 bits per heavy atom. The lowest BCUT2D eigenvalue weighted by atomic mass is 10.2. The van der Waals surface area contributed by atoms with E-state index in [1.165, 1.54) is 18.3 Å². The van der Waals surface area contributed by atoms with E-state index >= 15 is 0 Å². The summed E-state index contributed by atoms with van der Waals surface area (Å²) in [6.07, 6.45) is 1.25. The van der Waals surface area contributed by atoms with Crippen molar-refractivity contribution in [3.8, 4) is 0 Å². The number of hydrogen-bond acceptors (Lipinski definition) is 5. The van der Waals surface area contributed by atoms with Gasteiger partial charge in [-0.3, -0.25) is 9.82 Å². The zero-order chi connectivity index (χ0) is 14.8. The molecule has 0 saturated carbocycles. The van der Waals surface area contributed by atoms with Crippen molar-refractivity contribution in [3.05, 3.63) is 41.6 Å². The predicted molar refractivity (Wildman–Crippen MR) is 73.1 cm³/mol. The summed E-state index contributed by atoms with van der Waals surface area (Å²) < 4.78 is 26.6. The molecule has 106 valence electrons. The van der Waals surface area contributed by atoms with Gasteiger partial charge >= 0.3 is 0 Å². The second-order valence-corrected chi connectivity index (χ2v) is 5.74. The van der Waals surface area contributed by atoms with Crippen LogP contribution in [0.3, 0.4) is 0 Å². The van der Waals surface area contributed by atoms with Gasteiger partial charge in [0.25, 0.3) is 10.0 Å². The number of nitrogens with two attached hydrogens (primary N) is 1. The van der Waals surface area contributed by atoms with Crippen LogP contribution in [0, 0.1) is 6.92 Å². The SMILES string of the molecule is Cc1ccc(S(=O)(=O)Nc2[nH]ncc2C(N)=NO)cc1. The molecule has 1 aromatic carbocycles. The summed E-state index contributed by atoms with van der Waals surface area (Å²) in [5.74, 6) is -0.221. The molecule has 0 aliphatic heterocycles. The fourth-order valence-electron chi connectivity index (χ4n) is 1.52. The van der Waals surface area contributed by atoms with Crippen molar-refractivity contribution in [2.75, 3.05) is 4.72 Å². The molecule has 0 bridgehead atoms. The molecule has 20 heavy (non-hydrogen) atoms. The van der Waals surface area contributed by atoms with Crippen molar-refractivity contribution < 1.29 is 13.6 Å². The molecular formula is C11H13N5O3S. The summed E-state index contributed by atoms with van der Waals surface area (Å²) in [6.45, 7) is 1.86. The molecule has 2 aromatic rings. The fourth-order valence-corrected chi connectivity index (χ4v) is 2.56. The normalized spacial score (nSPS) is 12.3. The largest absolute Gasteiger partial charge is 0.409 e. The zero-order valence-electron chi connectivity index (χ0n) is 10.5. The molecule has 0 atom stereocenters. The van der Waals surface area contributed by atoms with Crippen molar-refractivity contribution in [1.29, 1.82) is 0 Å². The minimum atomic E-state index is -3.78. The lowest BCUT2D eigenvalue weighted by molar-refractivity contribution is 0.318.